The molecular weight excluding hydrogens is 375 g/mol. The van der Waals surface area contributed by atoms with Crippen LogP contribution in [-0.4, -0.2) is 33.8 Å². The van der Waals surface area contributed by atoms with E-state index < -0.39 is 16.4 Å². The lowest BCUT2D eigenvalue weighted by Gasteiger charge is -2.28. The van der Waals surface area contributed by atoms with E-state index in [-0.39, 0.29) is 12.5 Å². The summed E-state index contributed by atoms with van der Waals surface area (Å²) in [7, 11) is 0. The third-order valence-electron chi connectivity index (χ3n) is 5.07. The van der Waals surface area contributed by atoms with Crippen LogP contribution in [0.15, 0.2) is 30.3 Å². The van der Waals surface area contributed by atoms with Crippen LogP contribution in [-0.2, 0) is 19.5 Å². The van der Waals surface area contributed by atoms with E-state index in [2.05, 4.69) is 17.2 Å². The molecule has 0 atom stereocenters. The molecule has 0 saturated carbocycles. The van der Waals surface area contributed by atoms with Crippen LogP contribution in [0.5, 0.6) is 0 Å². The van der Waals surface area contributed by atoms with Gasteiger partial charge in [-0.05, 0) is 24.1 Å². The van der Waals surface area contributed by atoms with E-state index in [1.807, 2.05) is 11.0 Å². The fourth-order valence-corrected chi connectivity index (χ4v) is 3.54. The maximum atomic E-state index is 13.8. The highest BCUT2D eigenvalue weighted by atomic mass is 19.1. The zero-order valence-electron chi connectivity index (χ0n) is 16.5. The number of aromatic nitrogens is 1. The van der Waals surface area contributed by atoms with Crippen molar-refractivity contribution in [3.63, 3.8) is 0 Å². The Morgan fingerprint density at radius 3 is 2.90 bits per heavy atom. The average Bonchev–Trinajstić information content (AvgIpc) is 2.70. The van der Waals surface area contributed by atoms with Crippen LogP contribution in [0.3, 0.4) is 0 Å². The summed E-state index contributed by atoms with van der Waals surface area (Å²) in [4.78, 5) is 29.3. The molecule has 1 amide bonds. The zero-order valence-corrected chi connectivity index (χ0v) is 16.5. The second-order valence-electron chi connectivity index (χ2n) is 7.23. The SMILES string of the molecule is CCCCCNC(=O)c1ccc2c(n1)CCN(Cc1cccc(F)c1[N+](=O)[O-])C2. The molecule has 3 rings (SSSR count). The number of carbonyl (C=O) groups excluding carboxylic acids is 1. The number of hydrogen-bond donors (Lipinski definition) is 1. The lowest BCUT2D eigenvalue weighted by Crippen LogP contribution is -2.32. The number of rotatable bonds is 8. The minimum Gasteiger partial charge on any atom is -0.351 e. The highest BCUT2D eigenvalue weighted by Crippen LogP contribution is 2.26. The summed E-state index contributed by atoms with van der Waals surface area (Å²) in [5.74, 6) is -0.983. The van der Waals surface area contributed by atoms with Gasteiger partial charge in [0, 0.05) is 43.9 Å². The van der Waals surface area contributed by atoms with Crippen LogP contribution in [0, 0.1) is 15.9 Å². The Balaban J connectivity index is 1.66. The number of nitro groups is 1. The van der Waals surface area contributed by atoms with Gasteiger partial charge in [0.15, 0.2) is 0 Å². The van der Waals surface area contributed by atoms with E-state index in [1.165, 1.54) is 6.07 Å². The molecular formula is C21H25FN4O3. The first-order chi connectivity index (χ1) is 14.0. The molecule has 0 fully saturated rings. The van der Waals surface area contributed by atoms with Gasteiger partial charge in [0.2, 0.25) is 5.82 Å². The molecule has 8 heteroatoms. The number of nitro benzene ring substituents is 1. The predicted octanol–water partition coefficient (Wildman–Crippen LogP) is 3.61. The number of para-hydroxylation sites is 1. The molecule has 0 spiro atoms. The number of pyridine rings is 1. The van der Waals surface area contributed by atoms with Crippen molar-refractivity contribution in [1.82, 2.24) is 15.2 Å². The monoisotopic (exact) mass is 400 g/mol. The summed E-state index contributed by atoms with van der Waals surface area (Å²) in [5, 5.41) is 14.1. The highest BCUT2D eigenvalue weighted by molar-refractivity contribution is 5.92. The van der Waals surface area contributed by atoms with Gasteiger partial charge >= 0.3 is 5.69 Å². The zero-order chi connectivity index (χ0) is 20.8. The lowest BCUT2D eigenvalue weighted by atomic mass is 10.0. The standard InChI is InChI=1S/C21H25FN4O3/c1-2-3-4-11-23-21(27)19-9-8-15-13-25(12-10-18(15)24-19)14-16-6-5-7-17(22)20(16)26(28)29/h5-9H,2-4,10-14H2,1H3,(H,23,27). The van der Waals surface area contributed by atoms with Crippen molar-refractivity contribution in [2.75, 3.05) is 13.1 Å². The molecule has 0 unspecified atom stereocenters. The van der Waals surface area contributed by atoms with Crippen molar-refractivity contribution >= 4 is 11.6 Å². The van der Waals surface area contributed by atoms with Crippen molar-refractivity contribution in [1.29, 1.82) is 0 Å². The Kier molecular flexibility index (Phi) is 6.87. The van der Waals surface area contributed by atoms with Gasteiger partial charge in [-0.1, -0.05) is 38.0 Å². The van der Waals surface area contributed by atoms with E-state index in [0.29, 0.717) is 37.3 Å². The van der Waals surface area contributed by atoms with Crippen LogP contribution in [0.2, 0.25) is 0 Å². The Morgan fingerprint density at radius 1 is 1.31 bits per heavy atom. The van der Waals surface area contributed by atoms with Gasteiger partial charge in [-0.25, -0.2) is 4.98 Å². The van der Waals surface area contributed by atoms with Crippen LogP contribution >= 0.6 is 0 Å². The van der Waals surface area contributed by atoms with Gasteiger partial charge in [-0.15, -0.1) is 0 Å². The predicted molar refractivity (Wildman–Crippen MR) is 107 cm³/mol. The quantitative estimate of drug-likeness (QED) is 0.415. The minimum absolute atomic E-state index is 0.165. The molecule has 7 nitrogen and oxygen atoms in total. The fraction of sp³-hybridized carbons (Fsp3) is 0.429. The molecule has 29 heavy (non-hydrogen) atoms. The largest absolute Gasteiger partial charge is 0.351 e. The van der Waals surface area contributed by atoms with Gasteiger partial charge in [0.25, 0.3) is 5.91 Å². The van der Waals surface area contributed by atoms with Crippen LogP contribution < -0.4 is 5.32 Å². The van der Waals surface area contributed by atoms with E-state index in [9.17, 15) is 19.3 Å². The first-order valence-electron chi connectivity index (χ1n) is 9.90. The fourth-order valence-electron chi connectivity index (χ4n) is 3.54. The van der Waals surface area contributed by atoms with Crippen molar-refractivity contribution in [3.8, 4) is 0 Å². The second kappa shape index (κ2) is 9.56. The number of carbonyl (C=O) groups is 1. The third kappa shape index (κ3) is 5.14. The number of benzene rings is 1. The Hall–Kier alpha value is -2.87. The van der Waals surface area contributed by atoms with Crippen molar-refractivity contribution in [2.24, 2.45) is 0 Å². The Bertz CT molecular complexity index is 903. The number of fused-ring (bicyclic) bond motifs is 1. The highest BCUT2D eigenvalue weighted by Gasteiger charge is 2.24. The summed E-state index contributed by atoms with van der Waals surface area (Å²) in [6.07, 6.45) is 3.77. The molecule has 2 heterocycles. The number of halogens is 1. The maximum Gasteiger partial charge on any atom is 0.309 e. The van der Waals surface area contributed by atoms with Crippen LogP contribution in [0.4, 0.5) is 10.1 Å². The first kappa shape index (κ1) is 20.9. The third-order valence-corrected chi connectivity index (χ3v) is 5.07. The van der Waals surface area contributed by atoms with Crippen molar-refractivity contribution in [3.05, 3.63) is 68.8 Å². The van der Waals surface area contributed by atoms with E-state index >= 15 is 0 Å². The number of nitrogens with one attached hydrogen (secondary N) is 1. The van der Waals surface area contributed by atoms with Crippen LogP contribution in [0.25, 0.3) is 0 Å². The summed E-state index contributed by atoms with van der Waals surface area (Å²) in [6, 6.07) is 7.77. The van der Waals surface area contributed by atoms with Gasteiger partial charge in [0.05, 0.1) is 4.92 Å². The Morgan fingerprint density at radius 2 is 2.14 bits per heavy atom. The Labute approximate surface area is 169 Å². The molecule has 1 aromatic carbocycles. The summed E-state index contributed by atoms with van der Waals surface area (Å²) in [5.41, 5.74) is 2.16. The minimum atomic E-state index is -0.818. The molecule has 0 bridgehead atoms. The molecule has 1 aliphatic heterocycles. The second-order valence-corrected chi connectivity index (χ2v) is 7.23. The summed E-state index contributed by atoms with van der Waals surface area (Å²) < 4.78 is 13.8. The van der Waals surface area contributed by atoms with Gasteiger partial charge in [-0.2, -0.15) is 4.39 Å². The number of unbranched alkanes of at least 4 members (excludes halogenated alkanes) is 2. The molecule has 0 aliphatic carbocycles. The van der Waals surface area contributed by atoms with Crippen molar-refractivity contribution < 1.29 is 14.1 Å². The summed E-state index contributed by atoms with van der Waals surface area (Å²) >= 11 is 0. The number of nitrogens with zero attached hydrogens (tertiary/aromatic N) is 3. The molecule has 0 radical (unpaired) electrons. The molecule has 1 aromatic heterocycles. The van der Waals surface area contributed by atoms with Gasteiger partial charge in [0.1, 0.15) is 5.69 Å². The first-order valence-corrected chi connectivity index (χ1v) is 9.90. The van der Waals surface area contributed by atoms with Gasteiger partial charge < -0.3 is 5.32 Å². The van der Waals surface area contributed by atoms with E-state index in [1.54, 1.807) is 12.1 Å². The lowest BCUT2D eigenvalue weighted by molar-refractivity contribution is -0.388. The molecule has 0 saturated heterocycles. The maximum absolute atomic E-state index is 13.8. The normalized spacial score (nSPS) is 13.7. The summed E-state index contributed by atoms with van der Waals surface area (Å²) in [6.45, 7) is 4.23. The molecule has 1 aliphatic rings. The average molecular weight is 400 g/mol. The van der Waals surface area contributed by atoms with E-state index in [4.69, 9.17) is 0 Å². The topological polar surface area (TPSA) is 88.4 Å². The smallest absolute Gasteiger partial charge is 0.309 e. The number of hydrogen-bond acceptors (Lipinski definition) is 5. The molecule has 154 valence electrons. The van der Waals surface area contributed by atoms with E-state index in [0.717, 1.165) is 36.6 Å². The van der Waals surface area contributed by atoms with Gasteiger partial charge in [-0.3, -0.25) is 19.8 Å². The molecule has 1 N–H and O–H groups in total. The molecule has 2 aromatic rings. The van der Waals surface area contributed by atoms with Crippen molar-refractivity contribution in [2.45, 2.75) is 45.7 Å². The van der Waals surface area contributed by atoms with Crippen LogP contribution in [0.1, 0.15) is 53.5 Å². The number of amides is 1.